The van der Waals surface area contributed by atoms with Crippen molar-refractivity contribution in [3.63, 3.8) is 0 Å². The molecule has 0 saturated carbocycles. The molecule has 2 atom stereocenters. The van der Waals surface area contributed by atoms with Gasteiger partial charge in [-0.15, -0.1) is 0 Å². The van der Waals surface area contributed by atoms with Crippen LogP contribution in [-0.2, 0) is 32.2 Å². The highest BCUT2D eigenvalue weighted by molar-refractivity contribution is 6.42. The molecule has 4 saturated heterocycles. The van der Waals surface area contributed by atoms with Crippen LogP contribution in [0.25, 0.3) is 0 Å². The second kappa shape index (κ2) is 25.5. The minimum Gasteiger partial charge on any atom is -0.490 e. The van der Waals surface area contributed by atoms with E-state index >= 15 is 0 Å². The molecular formula is C58H62Cl4N4O8. The zero-order chi connectivity index (χ0) is 51.6. The van der Waals surface area contributed by atoms with Gasteiger partial charge in [0.1, 0.15) is 36.9 Å². The molecular weight excluding hydrogens is 1020 g/mol. The number of hydrogen-bond acceptors (Lipinski definition) is 10. The SMILES string of the molecule is O=C(OC(COc1cccc(CN2CCCC2=O)c1)CN1CCC(c2ccc(Cl)c(Cl)c2)CC1)c1ccc(C(=O)OC(COc2cccc(CN3CCCC3=O)c2)CN2CCC(c3ccc(Cl)c(Cl)c3)CC2)cc1. The van der Waals surface area contributed by atoms with Gasteiger partial charge in [-0.2, -0.15) is 0 Å². The Kier molecular flexibility index (Phi) is 18.4. The van der Waals surface area contributed by atoms with Gasteiger partial charge in [-0.05, 0) is 172 Å². The first-order valence-corrected chi connectivity index (χ1v) is 27.3. The summed E-state index contributed by atoms with van der Waals surface area (Å²) in [4.78, 5) is 60.9. The standard InChI is InChI=1S/C58H62Cl4N4O8/c59-51-17-15-45(31-53(51)61)41-19-25-63(26-20-41)35-49(37-71-47-7-1-5-39(29-47)33-65-23-3-9-55(65)67)73-57(69)43-11-13-44(14-12-43)58(70)74-50(36-64-27-21-42(22-28-64)46-16-18-52(60)54(62)32-46)38-72-48-8-2-6-40(30-48)34-66-24-4-10-56(66)68/h1-2,5-8,11-18,29-32,41-42,49-50H,3-4,9-10,19-28,33-38H2. The van der Waals surface area contributed by atoms with Gasteiger partial charge >= 0.3 is 11.9 Å². The smallest absolute Gasteiger partial charge is 0.338 e. The maximum Gasteiger partial charge on any atom is 0.338 e. The lowest BCUT2D eigenvalue weighted by Crippen LogP contribution is -2.42. The van der Waals surface area contributed by atoms with E-state index in [-0.39, 0.29) is 36.2 Å². The number of ether oxygens (including phenoxy) is 4. The highest BCUT2D eigenvalue weighted by Crippen LogP contribution is 2.34. The molecule has 5 aromatic carbocycles. The molecule has 0 spiro atoms. The molecule has 0 radical (unpaired) electrons. The molecule has 4 aliphatic rings. The lowest BCUT2D eigenvalue weighted by molar-refractivity contribution is -0.129. The molecule has 4 heterocycles. The summed E-state index contributed by atoms with van der Waals surface area (Å²) in [5.41, 5.74) is 4.80. The van der Waals surface area contributed by atoms with Crippen LogP contribution in [0.15, 0.2) is 109 Å². The van der Waals surface area contributed by atoms with Crippen molar-refractivity contribution in [3.05, 3.63) is 163 Å². The first kappa shape index (κ1) is 53.5. The summed E-state index contributed by atoms with van der Waals surface area (Å²) in [5, 5.41) is 2.15. The largest absolute Gasteiger partial charge is 0.490 e. The zero-order valence-corrected chi connectivity index (χ0v) is 44.4. The monoisotopic (exact) mass is 1080 g/mol. The first-order valence-electron chi connectivity index (χ1n) is 25.7. The molecule has 390 valence electrons. The lowest BCUT2D eigenvalue weighted by atomic mass is 9.89. The molecule has 2 unspecified atom stereocenters. The molecule has 16 heteroatoms. The van der Waals surface area contributed by atoms with Crippen LogP contribution >= 0.6 is 46.4 Å². The van der Waals surface area contributed by atoms with E-state index in [1.165, 1.54) is 0 Å². The Hall–Kier alpha value is -5.34. The maximum atomic E-state index is 13.9. The van der Waals surface area contributed by atoms with Gasteiger partial charge in [-0.3, -0.25) is 19.4 Å². The summed E-state index contributed by atoms with van der Waals surface area (Å²) in [6.07, 6.45) is 5.20. The first-order chi connectivity index (χ1) is 35.9. The Labute approximate surface area is 453 Å². The third-order valence-electron chi connectivity index (χ3n) is 14.6. The highest BCUT2D eigenvalue weighted by Gasteiger charge is 2.29. The van der Waals surface area contributed by atoms with Crippen molar-refractivity contribution in [3.8, 4) is 11.5 Å². The number of rotatable bonds is 20. The molecule has 74 heavy (non-hydrogen) atoms. The minimum atomic E-state index is -0.629. The minimum absolute atomic E-state index is 0.105. The summed E-state index contributed by atoms with van der Waals surface area (Å²) < 4.78 is 25.1. The van der Waals surface area contributed by atoms with Crippen molar-refractivity contribution in [1.29, 1.82) is 0 Å². The Morgan fingerprint density at radius 3 is 1.27 bits per heavy atom. The quantitative estimate of drug-likeness (QED) is 0.0697. The predicted octanol–water partition coefficient (Wildman–Crippen LogP) is 11.5. The average Bonchev–Trinajstić information content (AvgIpc) is 4.02. The van der Waals surface area contributed by atoms with Crippen LogP contribution in [0.5, 0.6) is 11.5 Å². The van der Waals surface area contributed by atoms with E-state index in [9.17, 15) is 19.2 Å². The fraction of sp³-hybridized carbons (Fsp3) is 0.414. The average molecular weight is 1080 g/mol. The van der Waals surface area contributed by atoms with Crippen LogP contribution in [0.2, 0.25) is 20.1 Å². The number of nitrogens with zero attached hydrogens (tertiary/aromatic N) is 4. The van der Waals surface area contributed by atoms with Crippen LogP contribution < -0.4 is 9.47 Å². The number of benzene rings is 5. The fourth-order valence-corrected chi connectivity index (χ4v) is 11.1. The van der Waals surface area contributed by atoms with Crippen molar-refractivity contribution in [2.24, 2.45) is 0 Å². The normalized spacial score (nSPS) is 17.9. The second-order valence-corrected chi connectivity index (χ2v) is 21.5. The summed E-state index contributed by atoms with van der Waals surface area (Å²) in [5.74, 6) is 1.11. The van der Waals surface area contributed by atoms with Crippen LogP contribution in [-0.4, -0.2) is 121 Å². The summed E-state index contributed by atoms with van der Waals surface area (Å²) in [7, 11) is 0. The number of piperidine rings is 2. The van der Waals surface area contributed by atoms with Gasteiger partial charge in [0.15, 0.2) is 0 Å². The molecule has 4 fully saturated rings. The van der Waals surface area contributed by atoms with Crippen molar-refractivity contribution in [1.82, 2.24) is 19.6 Å². The van der Waals surface area contributed by atoms with Gasteiger partial charge < -0.3 is 28.7 Å². The van der Waals surface area contributed by atoms with Crippen molar-refractivity contribution < 1.29 is 38.1 Å². The molecule has 0 aromatic heterocycles. The summed E-state index contributed by atoms with van der Waals surface area (Å²) in [6, 6.07) is 33.3. The van der Waals surface area contributed by atoms with Crippen molar-refractivity contribution >= 4 is 70.2 Å². The molecule has 5 aromatic rings. The number of amides is 2. The molecule has 4 aliphatic heterocycles. The zero-order valence-electron chi connectivity index (χ0n) is 41.4. The predicted molar refractivity (Wildman–Crippen MR) is 288 cm³/mol. The molecule has 9 rings (SSSR count). The van der Waals surface area contributed by atoms with Crippen LogP contribution in [0.3, 0.4) is 0 Å². The van der Waals surface area contributed by atoms with Gasteiger partial charge in [-0.1, -0.05) is 82.8 Å². The van der Waals surface area contributed by atoms with E-state index in [1.54, 1.807) is 24.3 Å². The van der Waals surface area contributed by atoms with Gasteiger partial charge in [0, 0.05) is 52.1 Å². The number of hydrogen-bond donors (Lipinski definition) is 0. The number of esters is 2. The third-order valence-corrected chi connectivity index (χ3v) is 16.1. The van der Waals surface area contributed by atoms with Gasteiger partial charge in [0.25, 0.3) is 0 Å². The van der Waals surface area contributed by atoms with Crippen molar-refractivity contribution in [2.75, 3.05) is 65.6 Å². The molecule has 0 aliphatic carbocycles. The second-order valence-electron chi connectivity index (χ2n) is 19.9. The van der Waals surface area contributed by atoms with E-state index < -0.39 is 24.1 Å². The van der Waals surface area contributed by atoms with Crippen molar-refractivity contribution in [2.45, 2.75) is 88.5 Å². The van der Waals surface area contributed by atoms with Gasteiger partial charge in [0.2, 0.25) is 11.8 Å². The van der Waals surface area contributed by atoms with E-state index in [1.807, 2.05) is 94.7 Å². The highest BCUT2D eigenvalue weighted by atomic mass is 35.5. The van der Waals surface area contributed by atoms with E-state index in [2.05, 4.69) is 9.80 Å². The Morgan fingerprint density at radius 2 is 0.905 bits per heavy atom. The maximum absolute atomic E-state index is 13.9. The van der Waals surface area contributed by atoms with E-state index in [4.69, 9.17) is 65.4 Å². The fourth-order valence-electron chi connectivity index (χ4n) is 10.5. The number of likely N-dealkylation sites (tertiary alicyclic amines) is 4. The Morgan fingerprint density at radius 1 is 0.500 bits per heavy atom. The van der Waals surface area contributed by atoms with Crippen LogP contribution in [0, 0.1) is 0 Å². The number of halogens is 4. The Balaban J connectivity index is 0.845. The van der Waals surface area contributed by atoms with Gasteiger partial charge in [-0.25, -0.2) is 9.59 Å². The molecule has 0 N–H and O–H groups in total. The summed E-state index contributed by atoms with van der Waals surface area (Å²) >= 11 is 25.2. The van der Waals surface area contributed by atoms with E-state index in [0.717, 1.165) is 100 Å². The Bertz CT molecular complexity index is 2580. The molecule has 12 nitrogen and oxygen atoms in total. The van der Waals surface area contributed by atoms with E-state index in [0.29, 0.717) is 82.4 Å². The van der Waals surface area contributed by atoms with Crippen LogP contribution in [0.1, 0.15) is 106 Å². The third kappa shape index (κ3) is 14.5. The number of carbonyl (C=O) groups excluding carboxylic acids is 4. The number of carbonyl (C=O) groups is 4. The summed E-state index contributed by atoms with van der Waals surface area (Å²) in [6.45, 7) is 6.75. The topological polar surface area (TPSA) is 118 Å². The van der Waals surface area contributed by atoms with Gasteiger partial charge in [0.05, 0.1) is 31.2 Å². The molecule has 2 amide bonds. The lowest BCUT2D eigenvalue weighted by Gasteiger charge is -2.34. The van der Waals surface area contributed by atoms with Crippen LogP contribution in [0.4, 0.5) is 0 Å². The molecule has 0 bridgehead atoms.